The van der Waals surface area contributed by atoms with Gasteiger partial charge in [0.25, 0.3) is 0 Å². The SMILES string of the molecule is CC(C)(C)CCNCC(C)(C)NC(=O)OC(C)(C)C. The van der Waals surface area contributed by atoms with Crippen molar-refractivity contribution in [1.29, 1.82) is 0 Å². The van der Waals surface area contributed by atoms with Crippen LogP contribution in [0.15, 0.2) is 0 Å². The summed E-state index contributed by atoms with van der Waals surface area (Å²) in [7, 11) is 0. The maximum atomic E-state index is 11.7. The van der Waals surface area contributed by atoms with E-state index in [-0.39, 0.29) is 11.6 Å². The van der Waals surface area contributed by atoms with Crippen molar-refractivity contribution < 1.29 is 9.53 Å². The molecule has 0 aromatic heterocycles. The minimum Gasteiger partial charge on any atom is -0.444 e. The maximum absolute atomic E-state index is 11.7. The predicted molar refractivity (Wildman–Crippen MR) is 80.4 cm³/mol. The van der Waals surface area contributed by atoms with Gasteiger partial charge in [-0.1, -0.05) is 20.8 Å². The minimum absolute atomic E-state index is 0.319. The van der Waals surface area contributed by atoms with Crippen molar-refractivity contribution >= 4 is 6.09 Å². The molecule has 0 aliphatic heterocycles. The third-order valence-corrected chi connectivity index (χ3v) is 2.46. The van der Waals surface area contributed by atoms with Crippen LogP contribution in [0, 0.1) is 5.41 Å². The third kappa shape index (κ3) is 12.0. The molecule has 4 heteroatoms. The first-order valence-electron chi connectivity index (χ1n) is 7.03. The highest BCUT2D eigenvalue weighted by Gasteiger charge is 2.24. The lowest BCUT2D eigenvalue weighted by Gasteiger charge is -2.29. The molecule has 1 amide bonds. The zero-order chi connectivity index (χ0) is 15.3. The summed E-state index contributed by atoms with van der Waals surface area (Å²) >= 11 is 0. The fourth-order valence-corrected chi connectivity index (χ4v) is 1.49. The van der Waals surface area contributed by atoms with Crippen LogP contribution in [-0.2, 0) is 4.74 Å². The first-order chi connectivity index (χ1) is 8.31. The summed E-state index contributed by atoms with van der Waals surface area (Å²) in [5.41, 5.74) is -0.449. The Balaban J connectivity index is 4.01. The Kier molecular flexibility index (Phi) is 6.33. The Labute approximate surface area is 118 Å². The van der Waals surface area contributed by atoms with Gasteiger partial charge in [-0.05, 0) is 53.0 Å². The average molecular weight is 272 g/mol. The highest BCUT2D eigenvalue weighted by Crippen LogP contribution is 2.17. The molecule has 0 bridgehead atoms. The molecule has 0 aliphatic carbocycles. The van der Waals surface area contributed by atoms with Gasteiger partial charge in [0.1, 0.15) is 5.60 Å². The molecule has 0 atom stereocenters. The van der Waals surface area contributed by atoms with Gasteiger partial charge in [-0.25, -0.2) is 4.79 Å². The summed E-state index contributed by atoms with van der Waals surface area (Å²) < 4.78 is 5.26. The van der Waals surface area contributed by atoms with Gasteiger partial charge in [-0.15, -0.1) is 0 Å². The fourth-order valence-electron chi connectivity index (χ4n) is 1.49. The van der Waals surface area contributed by atoms with Crippen LogP contribution in [0.3, 0.4) is 0 Å². The molecule has 2 N–H and O–H groups in total. The predicted octanol–water partition coefficient (Wildman–Crippen LogP) is 3.32. The van der Waals surface area contributed by atoms with Crippen LogP contribution in [0.2, 0.25) is 0 Å². The highest BCUT2D eigenvalue weighted by atomic mass is 16.6. The second-order valence-corrected chi connectivity index (χ2v) is 8.00. The molecule has 19 heavy (non-hydrogen) atoms. The lowest BCUT2D eigenvalue weighted by Crippen LogP contribution is -2.51. The van der Waals surface area contributed by atoms with E-state index in [1.165, 1.54) is 0 Å². The number of carbonyl (C=O) groups is 1. The first kappa shape index (κ1) is 18.2. The van der Waals surface area contributed by atoms with Crippen LogP contribution in [0.25, 0.3) is 0 Å². The minimum atomic E-state index is -0.459. The van der Waals surface area contributed by atoms with E-state index in [2.05, 4.69) is 31.4 Å². The second-order valence-electron chi connectivity index (χ2n) is 8.00. The van der Waals surface area contributed by atoms with E-state index in [0.29, 0.717) is 5.41 Å². The van der Waals surface area contributed by atoms with Crippen molar-refractivity contribution in [2.24, 2.45) is 5.41 Å². The smallest absolute Gasteiger partial charge is 0.408 e. The topological polar surface area (TPSA) is 50.4 Å². The van der Waals surface area contributed by atoms with Gasteiger partial charge in [0.2, 0.25) is 0 Å². The number of ether oxygens (including phenoxy) is 1. The molecule has 0 aromatic rings. The molecule has 0 saturated carbocycles. The molecule has 0 rings (SSSR count). The van der Waals surface area contributed by atoms with Gasteiger partial charge >= 0.3 is 6.09 Å². The highest BCUT2D eigenvalue weighted by molar-refractivity contribution is 5.68. The monoisotopic (exact) mass is 272 g/mol. The normalized spacial score (nSPS) is 13.3. The molecular weight excluding hydrogens is 240 g/mol. The molecule has 0 saturated heterocycles. The van der Waals surface area contributed by atoms with Gasteiger partial charge in [0.15, 0.2) is 0 Å². The maximum Gasteiger partial charge on any atom is 0.408 e. The summed E-state index contributed by atoms with van der Waals surface area (Å²) in [6.07, 6.45) is 0.741. The Morgan fingerprint density at radius 3 is 1.95 bits per heavy atom. The van der Waals surface area contributed by atoms with Crippen LogP contribution < -0.4 is 10.6 Å². The molecule has 0 aliphatic rings. The molecule has 0 spiro atoms. The number of rotatable bonds is 5. The van der Waals surface area contributed by atoms with E-state index >= 15 is 0 Å². The summed E-state index contributed by atoms with van der Waals surface area (Å²) in [6.45, 7) is 17.9. The molecule has 114 valence electrons. The Hall–Kier alpha value is -0.770. The van der Waals surface area contributed by atoms with E-state index in [1.54, 1.807) is 0 Å². The van der Waals surface area contributed by atoms with E-state index in [1.807, 2.05) is 34.6 Å². The molecule has 0 fully saturated rings. The summed E-state index contributed by atoms with van der Waals surface area (Å²) in [5, 5.41) is 6.27. The Morgan fingerprint density at radius 2 is 1.53 bits per heavy atom. The molecule has 4 nitrogen and oxygen atoms in total. The largest absolute Gasteiger partial charge is 0.444 e. The van der Waals surface area contributed by atoms with Crippen molar-refractivity contribution in [2.75, 3.05) is 13.1 Å². The number of carbonyl (C=O) groups excluding carboxylic acids is 1. The van der Waals surface area contributed by atoms with Gasteiger partial charge < -0.3 is 15.4 Å². The van der Waals surface area contributed by atoms with E-state index in [0.717, 1.165) is 19.5 Å². The third-order valence-electron chi connectivity index (χ3n) is 2.46. The van der Waals surface area contributed by atoms with E-state index in [4.69, 9.17) is 4.74 Å². The van der Waals surface area contributed by atoms with Crippen LogP contribution in [-0.4, -0.2) is 30.3 Å². The van der Waals surface area contributed by atoms with E-state index < -0.39 is 5.60 Å². The van der Waals surface area contributed by atoms with Crippen LogP contribution >= 0.6 is 0 Å². The molecule has 0 radical (unpaired) electrons. The number of hydrogen-bond donors (Lipinski definition) is 2. The molecule has 0 unspecified atom stereocenters. The van der Waals surface area contributed by atoms with Gasteiger partial charge in [-0.3, -0.25) is 0 Å². The zero-order valence-electron chi connectivity index (χ0n) is 13.9. The Bertz CT molecular complexity index is 286. The van der Waals surface area contributed by atoms with Crippen LogP contribution in [0.1, 0.15) is 61.8 Å². The first-order valence-corrected chi connectivity index (χ1v) is 7.03. The van der Waals surface area contributed by atoms with Crippen LogP contribution in [0.5, 0.6) is 0 Å². The lowest BCUT2D eigenvalue weighted by atomic mass is 9.92. The van der Waals surface area contributed by atoms with Crippen molar-refractivity contribution in [3.63, 3.8) is 0 Å². The molecule has 0 heterocycles. The number of hydrogen-bond acceptors (Lipinski definition) is 3. The van der Waals surface area contributed by atoms with Crippen molar-refractivity contribution in [1.82, 2.24) is 10.6 Å². The second kappa shape index (κ2) is 6.60. The number of alkyl carbamates (subject to hydrolysis) is 1. The quantitative estimate of drug-likeness (QED) is 0.755. The van der Waals surface area contributed by atoms with Gasteiger partial charge in [0, 0.05) is 6.54 Å². The summed E-state index contributed by atoms with van der Waals surface area (Å²) in [6, 6.07) is 0. The Morgan fingerprint density at radius 1 is 1.00 bits per heavy atom. The zero-order valence-corrected chi connectivity index (χ0v) is 13.9. The van der Waals surface area contributed by atoms with Gasteiger partial charge in [0.05, 0.1) is 5.54 Å². The van der Waals surface area contributed by atoms with Crippen molar-refractivity contribution in [2.45, 2.75) is 73.0 Å². The number of amides is 1. The van der Waals surface area contributed by atoms with E-state index in [9.17, 15) is 4.79 Å². The van der Waals surface area contributed by atoms with Gasteiger partial charge in [-0.2, -0.15) is 0 Å². The summed E-state index contributed by atoms with van der Waals surface area (Å²) in [4.78, 5) is 11.7. The van der Waals surface area contributed by atoms with Crippen molar-refractivity contribution in [3.8, 4) is 0 Å². The standard InChI is InChI=1S/C15H32N2O2/c1-13(2,3)9-10-16-11-15(7,8)17-12(18)19-14(4,5)6/h16H,9-11H2,1-8H3,(H,17,18). The average Bonchev–Trinajstić information content (AvgIpc) is 2.06. The van der Waals surface area contributed by atoms with Crippen LogP contribution in [0.4, 0.5) is 4.79 Å². The molecule has 0 aromatic carbocycles. The van der Waals surface area contributed by atoms with Crippen molar-refractivity contribution in [3.05, 3.63) is 0 Å². The summed E-state index contributed by atoms with van der Waals surface area (Å²) in [5.74, 6) is 0. The fraction of sp³-hybridized carbons (Fsp3) is 0.933. The number of nitrogens with one attached hydrogen (secondary N) is 2. The lowest BCUT2D eigenvalue weighted by molar-refractivity contribution is 0.0471. The molecular formula is C15H32N2O2.